The van der Waals surface area contributed by atoms with Crippen molar-refractivity contribution in [3.8, 4) is 0 Å². The van der Waals surface area contributed by atoms with Gasteiger partial charge < -0.3 is 15.1 Å². The summed E-state index contributed by atoms with van der Waals surface area (Å²) in [6.45, 7) is 8.08. The molecule has 2 rings (SSSR count). The lowest BCUT2D eigenvalue weighted by Crippen LogP contribution is -2.43. The first-order chi connectivity index (χ1) is 11.2. The summed E-state index contributed by atoms with van der Waals surface area (Å²) in [4.78, 5) is 10.7. The van der Waals surface area contributed by atoms with Crippen LogP contribution in [0, 0.1) is 5.92 Å². The number of piperidine rings is 1. The maximum Gasteiger partial charge on any atom is 0.193 e. The van der Waals surface area contributed by atoms with Crippen molar-refractivity contribution < 1.29 is 0 Å². The van der Waals surface area contributed by atoms with Gasteiger partial charge in [-0.2, -0.15) is 0 Å². The molecule has 0 amide bonds. The van der Waals surface area contributed by atoms with Crippen LogP contribution in [-0.2, 0) is 6.42 Å². The number of hydrogen-bond donors (Lipinski definition) is 1. The Morgan fingerprint density at radius 2 is 2.12 bits per heavy atom. The van der Waals surface area contributed by atoms with Crippen LogP contribution in [-0.4, -0.2) is 62.6 Å². The first-order valence-corrected chi connectivity index (χ1v) is 9.73. The molecule has 0 bridgehead atoms. The second-order valence-electron chi connectivity index (χ2n) is 6.65. The first-order valence-electron chi connectivity index (χ1n) is 8.85. The Bertz CT molecular complexity index is 458. The average Bonchev–Trinajstić information content (AvgIpc) is 3.08. The molecule has 0 aliphatic carbocycles. The summed E-state index contributed by atoms with van der Waals surface area (Å²) in [5.74, 6) is 1.66. The number of likely N-dealkylation sites (tertiary alicyclic amines) is 1. The Kier molecular flexibility index (Phi) is 10.9. The van der Waals surface area contributed by atoms with Gasteiger partial charge in [-0.25, -0.2) is 0 Å². The summed E-state index contributed by atoms with van der Waals surface area (Å²) in [5, 5.41) is 5.68. The molecule has 24 heavy (non-hydrogen) atoms. The van der Waals surface area contributed by atoms with Gasteiger partial charge in [0.2, 0.25) is 0 Å². The molecule has 2 heterocycles. The highest BCUT2D eigenvalue weighted by atomic mass is 127. The maximum absolute atomic E-state index is 4.43. The van der Waals surface area contributed by atoms with Crippen molar-refractivity contribution in [3.05, 3.63) is 22.4 Å². The van der Waals surface area contributed by atoms with E-state index in [4.69, 9.17) is 0 Å². The Labute approximate surface area is 168 Å². The lowest BCUT2D eigenvalue weighted by atomic mass is 10.1. The second kappa shape index (κ2) is 12.1. The van der Waals surface area contributed by atoms with Gasteiger partial charge in [-0.1, -0.05) is 19.4 Å². The average molecular weight is 464 g/mol. The number of halogens is 1. The van der Waals surface area contributed by atoms with Crippen molar-refractivity contribution in [3.63, 3.8) is 0 Å². The molecule has 1 aromatic heterocycles. The number of nitrogens with one attached hydrogen (secondary N) is 1. The fourth-order valence-corrected chi connectivity index (χ4v) is 3.83. The lowest BCUT2D eigenvalue weighted by molar-refractivity contribution is 0.200. The van der Waals surface area contributed by atoms with Crippen molar-refractivity contribution in [2.24, 2.45) is 10.9 Å². The lowest BCUT2D eigenvalue weighted by Gasteiger charge is -2.30. The summed E-state index contributed by atoms with van der Waals surface area (Å²) in [6.07, 6.45) is 5.23. The molecule has 1 atom stereocenters. The predicted octanol–water partition coefficient (Wildman–Crippen LogP) is 3.54. The molecule has 0 saturated carbocycles. The van der Waals surface area contributed by atoms with Crippen LogP contribution in [0.3, 0.4) is 0 Å². The quantitative estimate of drug-likeness (QED) is 0.381. The molecule has 1 aliphatic heterocycles. The molecule has 138 valence electrons. The standard InChI is InChI=1S/C18H32N4S.HI/c1-16(15-22-10-5-4-6-11-22)14-20-18(19-2)21(3)12-9-17-8-7-13-23-17;/h7-8,13,16H,4-6,9-12,14-15H2,1-3H3,(H,19,20);1H. The van der Waals surface area contributed by atoms with Gasteiger partial charge >= 0.3 is 0 Å². The van der Waals surface area contributed by atoms with Gasteiger partial charge in [0.05, 0.1) is 0 Å². The van der Waals surface area contributed by atoms with Gasteiger partial charge in [0.1, 0.15) is 0 Å². The maximum atomic E-state index is 4.43. The summed E-state index contributed by atoms with van der Waals surface area (Å²) in [7, 11) is 4.00. The number of aliphatic imine (C=N–C) groups is 1. The Hall–Kier alpha value is -0.340. The van der Waals surface area contributed by atoms with E-state index in [0.717, 1.165) is 25.5 Å². The van der Waals surface area contributed by atoms with E-state index in [1.807, 2.05) is 18.4 Å². The zero-order valence-electron chi connectivity index (χ0n) is 15.3. The van der Waals surface area contributed by atoms with Crippen LogP contribution >= 0.6 is 35.3 Å². The molecule has 0 radical (unpaired) electrons. The zero-order valence-corrected chi connectivity index (χ0v) is 18.5. The third-order valence-corrected chi connectivity index (χ3v) is 5.41. The largest absolute Gasteiger partial charge is 0.356 e. The van der Waals surface area contributed by atoms with Gasteiger partial charge in [-0.05, 0) is 49.7 Å². The van der Waals surface area contributed by atoms with Crippen LogP contribution in [0.4, 0.5) is 0 Å². The van der Waals surface area contributed by atoms with Gasteiger partial charge in [0.15, 0.2) is 5.96 Å². The SMILES string of the molecule is CN=C(NCC(C)CN1CCCCC1)N(C)CCc1cccs1.I. The molecule has 4 nitrogen and oxygen atoms in total. The third kappa shape index (κ3) is 7.70. The van der Waals surface area contributed by atoms with E-state index in [2.05, 4.69) is 51.6 Å². The van der Waals surface area contributed by atoms with Crippen LogP contribution in [0.25, 0.3) is 0 Å². The van der Waals surface area contributed by atoms with Crippen LogP contribution in [0.2, 0.25) is 0 Å². The van der Waals surface area contributed by atoms with Crippen molar-refractivity contribution >= 4 is 41.3 Å². The fourth-order valence-electron chi connectivity index (χ4n) is 3.14. The molecule has 1 N–H and O–H groups in total. The Morgan fingerprint density at radius 1 is 1.38 bits per heavy atom. The van der Waals surface area contributed by atoms with E-state index < -0.39 is 0 Å². The normalized spacial score (nSPS) is 17.2. The summed E-state index contributed by atoms with van der Waals surface area (Å²) in [6, 6.07) is 4.32. The van der Waals surface area contributed by atoms with Crippen LogP contribution in [0.5, 0.6) is 0 Å². The molecule has 6 heteroatoms. The Morgan fingerprint density at radius 3 is 2.75 bits per heavy atom. The molecular formula is C18H33IN4S. The fraction of sp³-hybridized carbons (Fsp3) is 0.722. The minimum Gasteiger partial charge on any atom is -0.356 e. The van der Waals surface area contributed by atoms with Crippen molar-refractivity contribution in [1.82, 2.24) is 15.1 Å². The van der Waals surface area contributed by atoms with E-state index in [1.165, 1.54) is 43.8 Å². The molecular weight excluding hydrogens is 431 g/mol. The van der Waals surface area contributed by atoms with E-state index in [1.54, 1.807) is 0 Å². The molecule has 1 aliphatic rings. The number of nitrogens with zero attached hydrogens (tertiary/aromatic N) is 3. The number of likely N-dealkylation sites (N-methyl/N-ethyl adjacent to an activating group) is 1. The van der Waals surface area contributed by atoms with Crippen LogP contribution < -0.4 is 5.32 Å². The van der Waals surface area contributed by atoms with Crippen molar-refractivity contribution in [2.45, 2.75) is 32.6 Å². The second-order valence-corrected chi connectivity index (χ2v) is 7.68. The number of rotatable bonds is 7. The minimum atomic E-state index is 0. The summed E-state index contributed by atoms with van der Waals surface area (Å²) < 4.78 is 0. The molecule has 1 aromatic rings. The molecule has 1 fully saturated rings. The van der Waals surface area contributed by atoms with Crippen LogP contribution in [0.15, 0.2) is 22.5 Å². The van der Waals surface area contributed by atoms with Gasteiger partial charge in [-0.3, -0.25) is 4.99 Å². The summed E-state index contributed by atoms with van der Waals surface area (Å²) >= 11 is 1.83. The van der Waals surface area contributed by atoms with E-state index in [-0.39, 0.29) is 24.0 Å². The zero-order chi connectivity index (χ0) is 16.5. The van der Waals surface area contributed by atoms with Gasteiger partial charge in [0, 0.05) is 38.6 Å². The highest BCUT2D eigenvalue weighted by molar-refractivity contribution is 14.0. The predicted molar refractivity (Wildman–Crippen MR) is 117 cm³/mol. The van der Waals surface area contributed by atoms with E-state index >= 15 is 0 Å². The molecule has 1 unspecified atom stereocenters. The topological polar surface area (TPSA) is 30.9 Å². The molecule has 1 saturated heterocycles. The van der Waals surface area contributed by atoms with E-state index in [0.29, 0.717) is 5.92 Å². The minimum absolute atomic E-state index is 0. The highest BCUT2D eigenvalue weighted by Gasteiger charge is 2.14. The summed E-state index contributed by atoms with van der Waals surface area (Å²) in [5.41, 5.74) is 0. The Balaban J connectivity index is 0.00000288. The van der Waals surface area contributed by atoms with Gasteiger partial charge in [-0.15, -0.1) is 35.3 Å². The first kappa shape index (κ1) is 21.7. The van der Waals surface area contributed by atoms with Gasteiger partial charge in [0.25, 0.3) is 0 Å². The third-order valence-electron chi connectivity index (χ3n) is 4.47. The number of guanidine groups is 1. The van der Waals surface area contributed by atoms with Crippen molar-refractivity contribution in [1.29, 1.82) is 0 Å². The molecule has 0 spiro atoms. The van der Waals surface area contributed by atoms with Crippen LogP contribution in [0.1, 0.15) is 31.1 Å². The highest BCUT2D eigenvalue weighted by Crippen LogP contribution is 2.11. The van der Waals surface area contributed by atoms with E-state index in [9.17, 15) is 0 Å². The molecule has 0 aromatic carbocycles. The monoisotopic (exact) mass is 464 g/mol. The van der Waals surface area contributed by atoms with Crippen molar-refractivity contribution in [2.75, 3.05) is 46.8 Å². The number of thiophene rings is 1. The number of hydrogen-bond acceptors (Lipinski definition) is 3. The smallest absolute Gasteiger partial charge is 0.193 e.